The highest BCUT2D eigenvalue weighted by molar-refractivity contribution is 7.89. The zero-order chi connectivity index (χ0) is 18.1. The standard InChI is InChI=1S/C18H19ClN2O4S/c19-14-1-4-16(5-2-14)26(22,23)21-9-7-20(8-10-21)15-3-6-17-18(13-15)25-12-11-24-17/h1-6,13H,7-12H2. The molecule has 2 aliphatic rings. The Labute approximate surface area is 157 Å². The lowest BCUT2D eigenvalue weighted by Crippen LogP contribution is -2.48. The third-order valence-electron chi connectivity index (χ3n) is 4.58. The molecule has 0 radical (unpaired) electrons. The van der Waals surface area contributed by atoms with E-state index in [-0.39, 0.29) is 4.90 Å². The van der Waals surface area contributed by atoms with Gasteiger partial charge in [0.1, 0.15) is 13.2 Å². The third kappa shape index (κ3) is 3.34. The van der Waals surface area contributed by atoms with E-state index >= 15 is 0 Å². The van der Waals surface area contributed by atoms with Crippen LogP contribution in [0.2, 0.25) is 5.02 Å². The Balaban J connectivity index is 1.46. The number of sulfonamides is 1. The first kappa shape index (κ1) is 17.5. The fourth-order valence-electron chi connectivity index (χ4n) is 3.17. The van der Waals surface area contributed by atoms with Gasteiger partial charge in [0, 0.05) is 43.0 Å². The van der Waals surface area contributed by atoms with Crippen molar-refractivity contribution in [1.29, 1.82) is 0 Å². The molecule has 1 fully saturated rings. The van der Waals surface area contributed by atoms with E-state index in [4.69, 9.17) is 21.1 Å². The average molecular weight is 395 g/mol. The van der Waals surface area contributed by atoms with Crippen LogP contribution in [0.15, 0.2) is 47.4 Å². The molecule has 0 aromatic heterocycles. The lowest BCUT2D eigenvalue weighted by Gasteiger charge is -2.35. The predicted molar refractivity (Wildman–Crippen MR) is 99.9 cm³/mol. The fourth-order valence-corrected chi connectivity index (χ4v) is 4.72. The van der Waals surface area contributed by atoms with Crippen LogP contribution in [-0.4, -0.2) is 52.1 Å². The van der Waals surface area contributed by atoms with E-state index < -0.39 is 10.0 Å². The van der Waals surface area contributed by atoms with E-state index in [1.807, 2.05) is 18.2 Å². The van der Waals surface area contributed by atoms with Crippen LogP contribution in [0.1, 0.15) is 0 Å². The van der Waals surface area contributed by atoms with Crippen LogP contribution in [0.5, 0.6) is 11.5 Å². The maximum Gasteiger partial charge on any atom is 0.243 e. The summed E-state index contributed by atoms with van der Waals surface area (Å²) in [6.07, 6.45) is 0. The Morgan fingerprint density at radius 1 is 0.846 bits per heavy atom. The summed E-state index contributed by atoms with van der Waals surface area (Å²) in [4.78, 5) is 2.43. The van der Waals surface area contributed by atoms with Crippen molar-refractivity contribution >= 4 is 27.3 Å². The van der Waals surface area contributed by atoms with Gasteiger partial charge >= 0.3 is 0 Å². The van der Waals surface area contributed by atoms with Crippen LogP contribution in [0.4, 0.5) is 5.69 Å². The Morgan fingerprint density at radius 3 is 2.19 bits per heavy atom. The van der Waals surface area contributed by atoms with Crippen molar-refractivity contribution < 1.29 is 17.9 Å². The van der Waals surface area contributed by atoms with Crippen molar-refractivity contribution in [3.8, 4) is 11.5 Å². The number of benzene rings is 2. The summed E-state index contributed by atoms with van der Waals surface area (Å²) >= 11 is 5.85. The van der Waals surface area contributed by atoms with Crippen molar-refractivity contribution in [1.82, 2.24) is 4.31 Å². The first-order chi connectivity index (χ1) is 12.5. The third-order valence-corrected chi connectivity index (χ3v) is 6.75. The summed E-state index contributed by atoms with van der Waals surface area (Å²) < 4.78 is 38.2. The normalized spacial score (nSPS) is 18.0. The minimum atomic E-state index is -3.50. The van der Waals surface area contributed by atoms with E-state index in [0.717, 1.165) is 17.2 Å². The van der Waals surface area contributed by atoms with Crippen molar-refractivity contribution in [3.63, 3.8) is 0 Å². The minimum absolute atomic E-state index is 0.273. The molecule has 2 aromatic carbocycles. The van der Waals surface area contributed by atoms with Gasteiger partial charge in [-0.1, -0.05) is 11.6 Å². The Bertz CT molecular complexity index is 894. The zero-order valence-corrected chi connectivity index (χ0v) is 15.7. The van der Waals surface area contributed by atoms with Gasteiger partial charge in [-0.3, -0.25) is 0 Å². The molecule has 2 aliphatic heterocycles. The second-order valence-electron chi connectivity index (χ2n) is 6.17. The molecule has 6 nitrogen and oxygen atoms in total. The highest BCUT2D eigenvalue weighted by Crippen LogP contribution is 2.34. The number of hydrogen-bond donors (Lipinski definition) is 0. The molecule has 4 rings (SSSR count). The second-order valence-corrected chi connectivity index (χ2v) is 8.55. The molecule has 138 valence electrons. The second kappa shape index (κ2) is 6.98. The van der Waals surface area contributed by atoms with E-state index in [0.29, 0.717) is 44.4 Å². The van der Waals surface area contributed by atoms with Gasteiger partial charge in [0.2, 0.25) is 10.0 Å². The molecule has 0 N–H and O–H groups in total. The highest BCUT2D eigenvalue weighted by atomic mass is 35.5. The number of anilines is 1. The van der Waals surface area contributed by atoms with Crippen LogP contribution in [0.25, 0.3) is 0 Å². The Morgan fingerprint density at radius 2 is 1.50 bits per heavy atom. The molecule has 0 amide bonds. The Kier molecular flexibility index (Phi) is 4.69. The molecule has 0 unspecified atom stereocenters. The maximum absolute atomic E-state index is 12.8. The average Bonchev–Trinajstić information content (AvgIpc) is 2.68. The molecule has 26 heavy (non-hydrogen) atoms. The summed E-state index contributed by atoms with van der Waals surface area (Å²) in [5.74, 6) is 1.49. The van der Waals surface area contributed by atoms with Crippen molar-refractivity contribution in [2.24, 2.45) is 0 Å². The van der Waals surface area contributed by atoms with Crippen molar-refractivity contribution in [2.75, 3.05) is 44.3 Å². The maximum atomic E-state index is 12.8. The van der Waals surface area contributed by atoms with Gasteiger partial charge in [0.25, 0.3) is 0 Å². The lowest BCUT2D eigenvalue weighted by atomic mass is 10.2. The summed E-state index contributed by atoms with van der Waals surface area (Å²) in [5.41, 5.74) is 1.01. The van der Waals surface area contributed by atoms with Gasteiger partial charge in [-0.15, -0.1) is 0 Å². The van der Waals surface area contributed by atoms with Gasteiger partial charge < -0.3 is 14.4 Å². The first-order valence-electron chi connectivity index (χ1n) is 8.44. The summed E-state index contributed by atoms with van der Waals surface area (Å²) in [6.45, 7) is 3.20. The molecule has 2 heterocycles. The number of ether oxygens (including phenoxy) is 2. The predicted octanol–water partition coefficient (Wildman–Crippen LogP) is 2.62. The van der Waals surface area contributed by atoms with Gasteiger partial charge in [-0.2, -0.15) is 4.31 Å². The number of fused-ring (bicyclic) bond motifs is 1. The minimum Gasteiger partial charge on any atom is -0.486 e. The molecule has 0 saturated carbocycles. The molecule has 1 saturated heterocycles. The SMILES string of the molecule is O=S(=O)(c1ccc(Cl)cc1)N1CCN(c2ccc3c(c2)OCCO3)CC1. The van der Waals surface area contributed by atoms with Gasteiger partial charge in [0.05, 0.1) is 4.90 Å². The molecular weight excluding hydrogens is 376 g/mol. The number of nitrogens with zero attached hydrogens (tertiary/aromatic N) is 2. The van der Waals surface area contributed by atoms with Gasteiger partial charge in [-0.05, 0) is 36.4 Å². The van der Waals surface area contributed by atoms with Gasteiger partial charge in [-0.25, -0.2) is 8.42 Å². The van der Waals surface area contributed by atoms with Crippen LogP contribution in [0.3, 0.4) is 0 Å². The molecule has 0 spiro atoms. The molecule has 0 aliphatic carbocycles. The van der Waals surface area contributed by atoms with Gasteiger partial charge in [0.15, 0.2) is 11.5 Å². The summed E-state index contributed by atoms with van der Waals surface area (Å²) in [5, 5.41) is 0.521. The molecule has 0 atom stereocenters. The zero-order valence-electron chi connectivity index (χ0n) is 14.1. The van der Waals surface area contributed by atoms with E-state index in [9.17, 15) is 8.42 Å². The topological polar surface area (TPSA) is 59.1 Å². The number of piperazine rings is 1. The highest BCUT2D eigenvalue weighted by Gasteiger charge is 2.29. The van der Waals surface area contributed by atoms with E-state index in [1.54, 1.807) is 24.3 Å². The van der Waals surface area contributed by atoms with Crippen LogP contribution >= 0.6 is 11.6 Å². The van der Waals surface area contributed by atoms with Crippen molar-refractivity contribution in [3.05, 3.63) is 47.5 Å². The fraction of sp³-hybridized carbons (Fsp3) is 0.333. The molecule has 8 heteroatoms. The van der Waals surface area contributed by atoms with Crippen LogP contribution < -0.4 is 14.4 Å². The number of hydrogen-bond acceptors (Lipinski definition) is 5. The molecular formula is C18H19ClN2O4S. The van der Waals surface area contributed by atoms with E-state index in [1.165, 1.54) is 4.31 Å². The first-order valence-corrected chi connectivity index (χ1v) is 10.3. The van der Waals surface area contributed by atoms with Crippen molar-refractivity contribution in [2.45, 2.75) is 4.90 Å². The van der Waals surface area contributed by atoms with Crippen LogP contribution in [-0.2, 0) is 10.0 Å². The van der Waals surface area contributed by atoms with Crippen LogP contribution in [0, 0.1) is 0 Å². The quantitative estimate of drug-likeness (QED) is 0.801. The number of rotatable bonds is 3. The largest absolute Gasteiger partial charge is 0.486 e. The monoisotopic (exact) mass is 394 g/mol. The van der Waals surface area contributed by atoms with E-state index in [2.05, 4.69) is 4.90 Å². The molecule has 2 aromatic rings. The number of halogens is 1. The summed E-state index contributed by atoms with van der Waals surface area (Å²) in [7, 11) is -3.50. The lowest BCUT2D eigenvalue weighted by molar-refractivity contribution is 0.171. The summed E-state index contributed by atoms with van der Waals surface area (Å²) in [6, 6.07) is 12.1. The molecule has 0 bridgehead atoms. The Hall–Kier alpha value is -1.96. The smallest absolute Gasteiger partial charge is 0.243 e.